The number of benzene rings is 2. The summed E-state index contributed by atoms with van der Waals surface area (Å²) in [6, 6.07) is 11.6. The number of methoxy groups -OCH3 is 3. The molecule has 0 unspecified atom stereocenters. The number of hydrazone groups is 1. The van der Waals surface area contributed by atoms with Crippen LogP contribution in [-0.4, -0.2) is 32.2 Å². The minimum atomic E-state index is 0.408. The Labute approximate surface area is 159 Å². The highest BCUT2D eigenvalue weighted by Gasteiger charge is 2.14. The molecule has 0 aliphatic carbocycles. The van der Waals surface area contributed by atoms with Gasteiger partial charge in [0.25, 0.3) is 0 Å². The van der Waals surface area contributed by atoms with Crippen LogP contribution in [0.25, 0.3) is 0 Å². The highest BCUT2D eigenvalue weighted by molar-refractivity contribution is 7.80. The van der Waals surface area contributed by atoms with Crippen molar-refractivity contribution in [3.63, 3.8) is 0 Å². The normalized spacial score (nSPS) is 10.9. The molecule has 0 saturated carbocycles. The van der Waals surface area contributed by atoms with Gasteiger partial charge in [0.05, 0.1) is 27.0 Å². The molecule has 7 heteroatoms. The van der Waals surface area contributed by atoms with E-state index in [1.54, 1.807) is 21.3 Å². The van der Waals surface area contributed by atoms with Gasteiger partial charge in [-0.2, -0.15) is 5.10 Å². The smallest absolute Gasteiger partial charge is 0.203 e. The number of rotatable bonds is 6. The van der Waals surface area contributed by atoms with Crippen LogP contribution in [0.2, 0.25) is 0 Å². The molecule has 2 N–H and O–H groups in total. The summed E-state index contributed by atoms with van der Waals surface area (Å²) in [6.45, 7) is 3.87. The number of hydrogen-bond acceptors (Lipinski definition) is 5. The Hall–Kier alpha value is -2.80. The fourth-order valence-corrected chi connectivity index (χ4v) is 2.51. The third-order valence-electron chi connectivity index (χ3n) is 3.80. The number of anilines is 1. The van der Waals surface area contributed by atoms with Crippen LogP contribution < -0.4 is 25.0 Å². The minimum absolute atomic E-state index is 0.408. The second kappa shape index (κ2) is 9.05. The van der Waals surface area contributed by atoms with Crippen molar-refractivity contribution in [2.24, 2.45) is 5.10 Å². The van der Waals surface area contributed by atoms with E-state index < -0.39 is 0 Å². The van der Waals surface area contributed by atoms with Gasteiger partial charge in [0.15, 0.2) is 16.6 Å². The molecule has 0 spiro atoms. The molecule has 0 bridgehead atoms. The van der Waals surface area contributed by atoms with Crippen molar-refractivity contribution in [3.8, 4) is 17.2 Å². The number of thiocarbonyl (C=S) groups is 1. The highest BCUT2D eigenvalue weighted by atomic mass is 32.1. The Balaban J connectivity index is 2.16. The summed E-state index contributed by atoms with van der Waals surface area (Å²) in [5, 5.41) is 7.87. The van der Waals surface area contributed by atoms with Gasteiger partial charge in [0, 0.05) is 11.3 Å². The molecule has 0 aliphatic heterocycles. The van der Waals surface area contributed by atoms with Crippen molar-refractivity contribution in [1.29, 1.82) is 0 Å². The summed E-state index contributed by atoms with van der Waals surface area (Å²) in [7, 11) is 4.72. The van der Waals surface area contributed by atoms with Crippen molar-refractivity contribution < 1.29 is 14.2 Å². The Bertz CT molecular complexity index is 796. The number of nitrogens with zero attached hydrogens (tertiary/aromatic N) is 1. The van der Waals surface area contributed by atoms with E-state index in [9.17, 15) is 0 Å². The molecule has 138 valence electrons. The van der Waals surface area contributed by atoms with E-state index in [4.69, 9.17) is 26.4 Å². The average Bonchev–Trinajstić information content (AvgIpc) is 2.66. The number of aryl methyl sites for hydroxylation is 1. The lowest BCUT2D eigenvalue weighted by molar-refractivity contribution is 0.324. The van der Waals surface area contributed by atoms with E-state index in [0.717, 1.165) is 22.5 Å². The quantitative estimate of drug-likeness (QED) is 0.457. The van der Waals surface area contributed by atoms with Crippen LogP contribution in [0.15, 0.2) is 41.5 Å². The lowest BCUT2D eigenvalue weighted by Crippen LogP contribution is -2.25. The molecule has 0 atom stereocenters. The average molecular weight is 373 g/mol. The number of ether oxygens (including phenoxy) is 3. The van der Waals surface area contributed by atoms with Crippen molar-refractivity contribution in [1.82, 2.24) is 5.43 Å². The van der Waals surface area contributed by atoms with Gasteiger partial charge in [0.1, 0.15) is 0 Å². The molecular weight excluding hydrogens is 350 g/mol. The molecule has 26 heavy (non-hydrogen) atoms. The van der Waals surface area contributed by atoms with Gasteiger partial charge >= 0.3 is 0 Å². The maximum absolute atomic E-state index is 5.37. The molecular formula is C19H23N3O3S. The first-order valence-electron chi connectivity index (χ1n) is 7.97. The second-order valence-corrected chi connectivity index (χ2v) is 5.90. The summed E-state index contributed by atoms with van der Waals surface area (Å²) in [5.41, 5.74) is 6.44. The first kappa shape index (κ1) is 19.5. The number of nitrogens with one attached hydrogen (secondary N) is 2. The molecule has 2 aromatic carbocycles. The SMILES string of the molecule is COc1cc(/C(C)=N/NC(=S)Nc2ccccc2C)cc(OC)c1OC. The minimum Gasteiger partial charge on any atom is -0.493 e. The molecule has 0 heterocycles. The van der Waals surface area contributed by atoms with Crippen molar-refractivity contribution >= 4 is 28.7 Å². The monoisotopic (exact) mass is 373 g/mol. The van der Waals surface area contributed by atoms with E-state index in [2.05, 4.69) is 15.8 Å². The second-order valence-electron chi connectivity index (χ2n) is 5.49. The largest absolute Gasteiger partial charge is 0.493 e. The molecule has 2 aromatic rings. The van der Waals surface area contributed by atoms with Gasteiger partial charge in [-0.25, -0.2) is 0 Å². The predicted molar refractivity (Wildman–Crippen MR) is 109 cm³/mol. The van der Waals surface area contributed by atoms with Gasteiger partial charge < -0.3 is 19.5 Å². The molecule has 0 saturated heterocycles. The van der Waals surface area contributed by atoms with Gasteiger partial charge in [0.2, 0.25) is 5.75 Å². The first-order valence-corrected chi connectivity index (χ1v) is 8.38. The molecule has 0 amide bonds. The molecule has 0 fully saturated rings. The van der Waals surface area contributed by atoms with E-state index in [-0.39, 0.29) is 0 Å². The van der Waals surface area contributed by atoms with Crippen LogP contribution >= 0.6 is 12.2 Å². The summed E-state index contributed by atoms with van der Waals surface area (Å²) >= 11 is 5.30. The van der Waals surface area contributed by atoms with Crippen LogP contribution in [0.5, 0.6) is 17.2 Å². The standard InChI is InChI=1S/C19H23N3O3S/c1-12-8-6-7-9-15(12)20-19(26)22-21-13(2)14-10-16(23-3)18(25-5)17(11-14)24-4/h6-11H,1-5H3,(H2,20,22,26)/b21-13+. The summed E-state index contributed by atoms with van der Waals surface area (Å²) in [5.74, 6) is 1.67. The topological polar surface area (TPSA) is 64.1 Å². The van der Waals surface area contributed by atoms with E-state index in [0.29, 0.717) is 22.4 Å². The van der Waals surface area contributed by atoms with Crippen LogP contribution in [-0.2, 0) is 0 Å². The van der Waals surface area contributed by atoms with Crippen LogP contribution in [0.3, 0.4) is 0 Å². The first-order chi connectivity index (χ1) is 12.5. The zero-order chi connectivity index (χ0) is 19.1. The Morgan fingerprint density at radius 3 is 2.15 bits per heavy atom. The molecule has 6 nitrogen and oxygen atoms in total. The summed E-state index contributed by atoms with van der Waals surface area (Å²) < 4.78 is 16.1. The fourth-order valence-electron chi connectivity index (χ4n) is 2.35. The highest BCUT2D eigenvalue weighted by Crippen LogP contribution is 2.38. The lowest BCUT2D eigenvalue weighted by atomic mass is 10.1. The third kappa shape index (κ3) is 4.64. The van der Waals surface area contributed by atoms with Crippen LogP contribution in [0.4, 0.5) is 5.69 Å². The molecule has 0 radical (unpaired) electrons. The maximum atomic E-state index is 5.37. The van der Waals surface area contributed by atoms with Crippen molar-refractivity contribution in [2.75, 3.05) is 26.6 Å². The number of hydrogen-bond donors (Lipinski definition) is 2. The van der Waals surface area contributed by atoms with E-state index in [1.165, 1.54) is 0 Å². The maximum Gasteiger partial charge on any atom is 0.203 e. The van der Waals surface area contributed by atoms with Gasteiger partial charge in [-0.15, -0.1) is 0 Å². The molecule has 0 aromatic heterocycles. The van der Waals surface area contributed by atoms with E-state index in [1.807, 2.05) is 50.2 Å². The van der Waals surface area contributed by atoms with E-state index >= 15 is 0 Å². The van der Waals surface area contributed by atoms with Crippen LogP contribution in [0, 0.1) is 6.92 Å². The van der Waals surface area contributed by atoms with Crippen LogP contribution in [0.1, 0.15) is 18.1 Å². The Morgan fingerprint density at radius 2 is 1.62 bits per heavy atom. The Kier molecular flexibility index (Phi) is 6.80. The number of para-hydroxylation sites is 1. The predicted octanol–water partition coefficient (Wildman–Crippen LogP) is 3.73. The summed E-state index contributed by atoms with van der Waals surface area (Å²) in [6.07, 6.45) is 0. The van der Waals surface area contributed by atoms with Gasteiger partial charge in [-0.3, -0.25) is 5.43 Å². The van der Waals surface area contributed by atoms with Gasteiger partial charge in [-0.05, 0) is 49.8 Å². The molecule has 2 rings (SSSR count). The fraction of sp³-hybridized carbons (Fsp3) is 0.263. The van der Waals surface area contributed by atoms with Gasteiger partial charge in [-0.1, -0.05) is 18.2 Å². The zero-order valence-corrected chi connectivity index (χ0v) is 16.4. The molecule has 0 aliphatic rings. The van der Waals surface area contributed by atoms with Crippen molar-refractivity contribution in [2.45, 2.75) is 13.8 Å². The van der Waals surface area contributed by atoms with Crippen molar-refractivity contribution in [3.05, 3.63) is 47.5 Å². The summed E-state index contributed by atoms with van der Waals surface area (Å²) in [4.78, 5) is 0. The Morgan fingerprint density at radius 1 is 1.00 bits per heavy atom. The lowest BCUT2D eigenvalue weighted by Gasteiger charge is -2.14. The third-order valence-corrected chi connectivity index (χ3v) is 3.99. The zero-order valence-electron chi connectivity index (χ0n) is 15.5.